The van der Waals surface area contributed by atoms with Crippen LogP contribution in [0.15, 0.2) is 237 Å². The van der Waals surface area contributed by atoms with Crippen molar-refractivity contribution in [1.29, 1.82) is 0 Å². The molecule has 62 heavy (non-hydrogen) atoms. The fourth-order valence-corrected chi connectivity index (χ4v) is 10.1. The van der Waals surface area contributed by atoms with Crippen LogP contribution in [-0.2, 0) is 5.41 Å². The fraction of sp³-hybridized carbons (Fsp3) is 0.0492. The third kappa shape index (κ3) is 6.25. The highest BCUT2D eigenvalue weighted by molar-refractivity contribution is 6.09. The van der Waals surface area contributed by atoms with E-state index in [2.05, 4.69) is 255 Å². The molecule has 0 saturated carbocycles. The second-order valence-electron chi connectivity index (χ2n) is 16.8. The van der Waals surface area contributed by atoms with Gasteiger partial charge in [0.1, 0.15) is 0 Å². The molecule has 0 bridgehead atoms. The maximum Gasteiger partial charge on any atom is 0.0540 e. The Hall–Kier alpha value is -7.74. The summed E-state index contributed by atoms with van der Waals surface area (Å²) in [6, 6.07) is 86.7. The molecule has 0 aromatic heterocycles. The smallest absolute Gasteiger partial charge is 0.0540 e. The highest BCUT2D eigenvalue weighted by atomic mass is 15.2. The normalized spacial score (nSPS) is 12.5. The maximum absolute atomic E-state index is 2.55. The monoisotopic (exact) mass is 791 g/mol. The quantitative estimate of drug-likeness (QED) is 0.148. The van der Waals surface area contributed by atoms with Gasteiger partial charge in [0.15, 0.2) is 0 Å². The molecule has 1 nitrogen and oxygen atoms in total. The van der Waals surface area contributed by atoms with E-state index in [-0.39, 0.29) is 5.41 Å². The third-order valence-corrected chi connectivity index (χ3v) is 12.9. The molecule has 0 saturated heterocycles. The number of nitrogens with zero attached hydrogens (tertiary/aromatic N) is 1. The summed E-state index contributed by atoms with van der Waals surface area (Å²) < 4.78 is 0. The van der Waals surface area contributed by atoms with Crippen molar-refractivity contribution in [1.82, 2.24) is 0 Å². The first kappa shape index (κ1) is 37.3. The molecule has 0 heterocycles. The number of benzene rings is 10. The van der Waals surface area contributed by atoms with Crippen molar-refractivity contribution in [2.45, 2.75) is 19.3 Å². The molecule has 0 N–H and O–H groups in total. The largest absolute Gasteiger partial charge is 0.309 e. The predicted molar refractivity (Wildman–Crippen MR) is 263 cm³/mol. The molecule has 0 atom stereocenters. The van der Waals surface area contributed by atoms with Crippen LogP contribution in [0.1, 0.15) is 25.0 Å². The molecule has 0 unspecified atom stereocenters. The highest BCUT2D eigenvalue weighted by Gasteiger charge is 2.39. The molecule has 10 aromatic carbocycles. The average molecular weight is 792 g/mol. The maximum atomic E-state index is 2.55. The lowest BCUT2D eigenvalue weighted by atomic mass is 9.81. The Labute approximate surface area is 364 Å². The summed E-state index contributed by atoms with van der Waals surface area (Å²) in [6.07, 6.45) is 0. The van der Waals surface area contributed by atoms with E-state index >= 15 is 0 Å². The molecule has 10 aromatic rings. The first-order valence-corrected chi connectivity index (χ1v) is 21.6. The lowest BCUT2D eigenvalue weighted by molar-refractivity contribution is 0.661. The number of hydrogen-bond acceptors (Lipinski definition) is 1. The summed E-state index contributed by atoms with van der Waals surface area (Å²) in [7, 11) is 0. The van der Waals surface area contributed by atoms with Gasteiger partial charge in [-0.15, -0.1) is 0 Å². The Bertz CT molecular complexity index is 3250. The zero-order valence-corrected chi connectivity index (χ0v) is 35.0. The minimum absolute atomic E-state index is 0.231. The van der Waals surface area contributed by atoms with Gasteiger partial charge in [0.05, 0.1) is 17.1 Å². The van der Waals surface area contributed by atoms with Crippen molar-refractivity contribution in [3.8, 4) is 66.8 Å². The first-order chi connectivity index (χ1) is 30.6. The Morgan fingerprint density at radius 1 is 0.290 bits per heavy atom. The van der Waals surface area contributed by atoms with Gasteiger partial charge < -0.3 is 4.90 Å². The Balaban J connectivity index is 1.18. The van der Waals surface area contributed by atoms with Crippen LogP contribution in [0.4, 0.5) is 17.1 Å². The summed E-state index contributed by atoms with van der Waals surface area (Å²) in [5.41, 5.74) is 20.5. The van der Waals surface area contributed by atoms with Crippen molar-refractivity contribution < 1.29 is 0 Å². The molecule has 0 amide bonds. The summed E-state index contributed by atoms with van der Waals surface area (Å²) >= 11 is 0. The van der Waals surface area contributed by atoms with Gasteiger partial charge >= 0.3 is 0 Å². The van der Waals surface area contributed by atoms with Gasteiger partial charge in [-0.25, -0.2) is 0 Å². The van der Waals surface area contributed by atoms with E-state index in [1.54, 1.807) is 0 Å². The SMILES string of the molecule is CC1(C)c2ccccc2-c2cccc(N(c3ccccc3-c3ccccc3)c3ccc(-c4cccc5cccc(-c6ccccc6-c6ccccc6)c45)cc3-c3ccccc3)c21. The van der Waals surface area contributed by atoms with Crippen molar-refractivity contribution in [3.05, 3.63) is 248 Å². The molecular formula is C61H45N. The van der Waals surface area contributed by atoms with Gasteiger partial charge in [0.2, 0.25) is 0 Å². The van der Waals surface area contributed by atoms with Crippen molar-refractivity contribution in [2.75, 3.05) is 4.90 Å². The summed E-state index contributed by atoms with van der Waals surface area (Å²) in [4.78, 5) is 2.55. The zero-order valence-electron chi connectivity index (χ0n) is 35.0. The molecule has 0 aliphatic heterocycles. The Morgan fingerprint density at radius 3 is 1.45 bits per heavy atom. The second kappa shape index (κ2) is 15.4. The van der Waals surface area contributed by atoms with Gasteiger partial charge in [-0.1, -0.05) is 226 Å². The highest BCUT2D eigenvalue weighted by Crippen LogP contribution is 2.56. The standard InChI is InChI=1S/C61H45N/c1-61(2)55-36-16-14-32-51(55)53-35-20-38-58(60(53)61)62(56-37-17-15-30-48(56)43-23-8-4-9-24-43)57-40-39-46(41-54(57)44-25-10-5-11-26-44)49-33-18-27-45-28-19-34-52(59(45)49)50-31-13-12-29-47(50)42-21-6-3-7-22-42/h3-41H,1-2H3. The number of hydrogen-bond donors (Lipinski definition) is 0. The molecule has 1 aliphatic carbocycles. The van der Waals surface area contributed by atoms with Gasteiger partial charge in [-0.05, 0) is 102 Å². The van der Waals surface area contributed by atoms with E-state index in [0.29, 0.717) is 0 Å². The molecule has 11 rings (SSSR count). The van der Waals surface area contributed by atoms with Crippen LogP contribution in [0.2, 0.25) is 0 Å². The van der Waals surface area contributed by atoms with Crippen molar-refractivity contribution in [3.63, 3.8) is 0 Å². The van der Waals surface area contributed by atoms with Crippen molar-refractivity contribution >= 4 is 27.8 Å². The molecule has 0 fully saturated rings. The lowest BCUT2D eigenvalue weighted by Crippen LogP contribution is -2.21. The Morgan fingerprint density at radius 2 is 0.758 bits per heavy atom. The van der Waals surface area contributed by atoms with Crippen LogP contribution >= 0.6 is 0 Å². The summed E-state index contributed by atoms with van der Waals surface area (Å²) in [5, 5.41) is 2.46. The molecule has 294 valence electrons. The van der Waals surface area contributed by atoms with Gasteiger partial charge in [0.25, 0.3) is 0 Å². The summed E-state index contributed by atoms with van der Waals surface area (Å²) in [5.74, 6) is 0. The topological polar surface area (TPSA) is 3.24 Å². The summed E-state index contributed by atoms with van der Waals surface area (Å²) in [6.45, 7) is 4.77. The average Bonchev–Trinajstić information content (AvgIpc) is 3.58. The second-order valence-corrected chi connectivity index (χ2v) is 16.8. The molecular weight excluding hydrogens is 747 g/mol. The van der Waals surface area contributed by atoms with Crippen LogP contribution in [0.5, 0.6) is 0 Å². The minimum atomic E-state index is -0.231. The first-order valence-electron chi connectivity index (χ1n) is 21.6. The lowest BCUT2D eigenvalue weighted by Gasteiger charge is -2.34. The van der Waals surface area contributed by atoms with E-state index in [1.807, 2.05) is 0 Å². The van der Waals surface area contributed by atoms with E-state index in [4.69, 9.17) is 0 Å². The number of para-hydroxylation sites is 1. The van der Waals surface area contributed by atoms with Gasteiger partial charge in [0, 0.05) is 16.5 Å². The number of fused-ring (bicyclic) bond motifs is 4. The van der Waals surface area contributed by atoms with E-state index in [0.717, 1.165) is 22.5 Å². The number of rotatable bonds is 8. The van der Waals surface area contributed by atoms with E-state index in [9.17, 15) is 0 Å². The molecule has 0 radical (unpaired) electrons. The van der Waals surface area contributed by atoms with Crippen LogP contribution in [0.25, 0.3) is 77.5 Å². The molecule has 1 aliphatic rings. The predicted octanol–water partition coefficient (Wildman–Crippen LogP) is 17.0. The number of anilines is 3. The van der Waals surface area contributed by atoms with Crippen LogP contribution in [0, 0.1) is 0 Å². The van der Waals surface area contributed by atoms with Crippen molar-refractivity contribution in [2.24, 2.45) is 0 Å². The molecule has 1 heteroatoms. The third-order valence-electron chi connectivity index (χ3n) is 12.9. The van der Waals surface area contributed by atoms with Crippen LogP contribution < -0.4 is 4.90 Å². The minimum Gasteiger partial charge on any atom is -0.309 e. The van der Waals surface area contributed by atoms with Crippen LogP contribution in [0.3, 0.4) is 0 Å². The molecule has 0 spiro atoms. The van der Waals surface area contributed by atoms with Gasteiger partial charge in [-0.3, -0.25) is 0 Å². The fourth-order valence-electron chi connectivity index (χ4n) is 10.1. The zero-order chi connectivity index (χ0) is 41.6. The van der Waals surface area contributed by atoms with Gasteiger partial charge in [-0.2, -0.15) is 0 Å². The van der Waals surface area contributed by atoms with E-state index < -0.39 is 0 Å². The Kier molecular flexibility index (Phi) is 9.24. The van der Waals surface area contributed by atoms with E-state index in [1.165, 1.54) is 83.2 Å². The van der Waals surface area contributed by atoms with Crippen LogP contribution in [-0.4, -0.2) is 0 Å².